The van der Waals surface area contributed by atoms with Gasteiger partial charge in [-0.2, -0.15) is 8.78 Å². The highest BCUT2D eigenvalue weighted by atomic mass is 32.1. The zero-order valence-corrected chi connectivity index (χ0v) is 28.4. The molecule has 240 valence electrons. The molecule has 2 aromatic carbocycles. The molecule has 0 bridgehead atoms. The summed E-state index contributed by atoms with van der Waals surface area (Å²) in [5.74, 6) is 0.443. The Bertz CT molecular complexity index is 1400. The maximum Gasteiger partial charge on any atom is 0.408 e. The van der Waals surface area contributed by atoms with Crippen molar-refractivity contribution in [3.8, 4) is 16.9 Å². The number of alkyl halides is 2. The average molecular weight is 649 g/mol. The minimum Gasteiger partial charge on any atom is -0.488 e. The van der Waals surface area contributed by atoms with Gasteiger partial charge >= 0.3 is 6.09 Å². The predicted molar refractivity (Wildman–Crippen MR) is 177 cm³/mol. The van der Waals surface area contributed by atoms with Gasteiger partial charge in [0, 0.05) is 22.7 Å². The number of nitrogens with zero attached hydrogens (tertiary/aromatic N) is 1. The van der Waals surface area contributed by atoms with Crippen molar-refractivity contribution in [1.29, 1.82) is 0 Å². The molecule has 0 aliphatic carbocycles. The Morgan fingerprint density at radius 1 is 1.11 bits per heavy atom. The fourth-order valence-electron chi connectivity index (χ4n) is 4.74. The summed E-state index contributed by atoms with van der Waals surface area (Å²) in [6.07, 6.45) is 0.444. The van der Waals surface area contributed by atoms with Gasteiger partial charge in [-0.15, -0.1) is 11.3 Å². The number of halogens is 2. The first-order valence-electron chi connectivity index (χ1n) is 14.5. The summed E-state index contributed by atoms with van der Waals surface area (Å²) in [5.41, 5.74) is 0.183. The second-order valence-electron chi connectivity index (χ2n) is 10.8. The van der Waals surface area contributed by atoms with Crippen LogP contribution in [0.2, 0.25) is 0 Å². The summed E-state index contributed by atoms with van der Waals surface area (Å²) >= 11 is 1.04. The van der Waals surface area contributed by atoms with Gasteiger partial charge in [-0.3, -0.25) is 4.79 Å². The average Bonchev–Trinajstić information content (AvgIpc) is 3.62. The van der Waals surface area contributed by atoms with Crippen LogP contribution < -0.4 is 15.0 Å². The number of fused-ring (bicyclic) bond motifs is 1. The van der Waals surface area contributed by atoms with E-state index in [1.54, 1.807) is 47.0 Å². The highest BCUT2D eigenvalue weighted by Crippen LogP contribution is 2.46. The van der Waals surface area contributed by atoms with Crippen molar-refractivity contribution in [2.75, 3.05) is 11.4 Å². The Hall–Kier alpha value is -3.36. The molecule has 11 heteroatoms. The van der Waals surface area contributed by atoms with Gasteiger partial charge in [-0.25, -0.2) is 4.79 Å². The van der Waals surface area contributed by atoms with Gasteiger partial charge < -0.3 is 24.5 Å². The lowest BCUT2D eigenvalue weighted by Crippen LogP contribution is -2.49. The van der Waals surface area contributed by atoms with Gasteiger partial charge in [0.1, 0.15) is 30.8 Å². The monoisotopic (exact) mass is 648 g/mol. The minimum absolute atomic E-state index is 0.0207. The van der Waals surface area contributed by atoms with E-state index < -0.39 is 23.4 Å². The van der Waals surface area contributed by atoms with Crippen LogP contribution in [0, 0.1) is 6.92 Å². The highest BCUT2D eigenvalue weighted by molar-refractivity contribution is 7.21. The third-order valence-electron chi connectivity index (χ3n) is 6.60. The van der Waals surface area contributed by atoms with Gasteiger partial charge in [-0.05, 0) is 75.4 Å². The van der Waals surface area contributed by atoms with Crippen molar-refractivity contribution in [3.05, 3.63) is 69.4 Å². The molecule has 2 amide bonds. The Kier molecular flexibility index (Phi) is 13.5. The van der Waals surface area contributed by atoms with E-state index in [-0.39, 0.29) is 17.4 Å². The Labute approximate surface area is 265 Å². The predicted octanol–water partition coefficient (Wildman–Crippen LogP) is 8.26. The number of carbonyl (C=O) groups is 3. The van der Waals surface area contributed by atoms with E-state index in [1.165, 1.54) is 0 Å². The molecule has 0 fully saturated rings. The van der Waals surface area contributed by atoms with Crippen molar-refractivity contribution in [3.63, 3.8) is 0 Å². The SMILES string of the molecule is C=O.CC.CCC(NC(=O)OC(C)(C)C)C(=O)N1CCc2c1ccc(OCc1cc(-c3ccccc3)c(C(F)(F)P)s1)c2C. The molecule has 2 atom stereocenters. The molecule has 4 rings (SSSR count). The topological polar surface area (TPSA) is 84.9 Å². The molecule has 1 aliphatic heterocycles. The number of carbonyl (C=O) groups excluding carboxylic acids is 3. The van der Waals surface area contributed by atoms with Crippen LogP contribution in [0.5, 0.6) is 5.75 Å². The molecule has 0 radical (unpaired) electrons. The molecule has 0 spiro atoms. The van der Waals surface area contributed by atoms with Crippen LogP contribution >= 0.6 is 20.6 Å². The first kappa shape index (κ1) is 36.8. The van der Waals surface area contributed by atoms with Crippen molar-refractivity contribution >= 4 is 45.1 Å². The molecule has 0 saturated heterocycles. The summed E-state index contributed by atoms with van der Waals surface area (Å²) in [7, 11) is 1.63. The number of thiophene rings is 1. The number of nitrogens with one attached hydrogen (secondary N) is 1. The van der Waals surface area contributed by atoms with E-state index in [0.717, 1.165) is 33.7 Å². The van der Waals surface area contributed by atoms with Crippen molar-refractivity contribution in [2.45, 2.75) is 85.2 Å². The Morgan fingerprint density at radius 3 is 2.32 bits per heavy atom. The van der Waals surface area contributed by atoms with Crippen LogP contribution in [0.1, 0.15) is 68.8 Å². The summed E-state index contributed by atoms with van der Waals surface area (Å²) in [6.45, 7) is 15.7. The lowest BCUT2D eigenvalue weighted by molar-refractivity contribution is -0.120. The number of anilines is 1. The van der Waals surface area contributed by atoms with Crippen LogP contribution in [0.3, 0.4) is 0 Å². The van der Waals surface area contributed by atoms with Gasteiger partial charge in [-0.1, -0.05) is 60.3 Å². The van der Waals surface area contributed by atoms with E-state index in [4.69, 9.17) is 14.3 Å². The molecule has 1 aliphatic rings. The molecule has 44 heavy (non-hydrogen) atoms. The van der Waals surface area contributed by atoms with E-state index in [1.807, 2.05) is 70.9 Å². The second kappa shape index (κ2) is 16.1. The third kappa shape index (κ3) is 9.32. The number of hydrogen-bond donors (Lipinski definition) is 1. The van der Waals surface area contributed by atoms with E-state index >= 15 is 0 Å². The maximum atomic E-state index is 14.4. The number of benzene rings is 2. The van der Waals surface area contributed by atoms with Gasteiger partial charge in [0.2, 0.25) is 5.91 Å². The highest BCUT2D eigenvalue weighted by Gasteiger charge is 2.33. The zero-order valence-electron chi connectivity index (χ0n) is 26.5. The lowest BCUT2D eigenvalue weighted by atomic mass is 10.0. The molecule has 3 aromatic rings. The summed E-state index contributed by atoms with van der Waals surface area (Å²) < 4.78 is 40.2. The van der Waals surface area contributed by atoms with E-state index in [2.05, 4.69) is 5.32 Å². The lowest BCUT2D eigenvalue weighted by Gasteiger charge is -2.26. The number of ether oxygens (including phenoxy) is 2. The normalized spacial score (nSPS) is 13.0. The van der Waals surface area contributed by atoms with Crippen LogP contribution in [0.15, 0.2) is 48.5 Å². The van der Waals surface area contributed by atoms with Crippen molar-refractivity contribution in [2.24, 2.45) is 0 Å². The summed E-state index contributed by atoms with van der Waals surface area (Å²) in [6, 6.07) is 13.8. The molecule has 7 nitrogen and oxygen atoms in total. The van der Waals surface area contributed by atoms with Crippen molar-refractivity contribution in [1.82, 2.24) is 5.32 Å². The van der Waals surface area contributed by atoms with E-state index in [0.29, 0.717) is 35.6 Å². The number of amides is 2. The van der Waals surface area contributed by atoms with Crippen LogP contribution in [0.4, 0.5) is 19.3 Å². The Morgan fingerprint density at radius 2 is 1.75 bits per heavy atom. The fourth-order valence-corrected chi connectivity index (χ4v) is 6.05. The third-order valence-corrected chi connectivity index (χ3v) is 8.30. The molecule has 1 N–H and O–H groups in total. The van der Waals surface area contributed by atoms with Crippen LogP contribution in [0.25, 0.3) is 11.1 Å². The molecular formula is C33H43F2N2O5PS. The van der Waals surface area contributed by atoms with Crippen LogP contribution in [-0.4, -0.2) is 37.0 Å². The number of rotatable bonds is 8. The first-order valence-corrected chi connectivity index (χ1v) is 15.9. The molecule has 2 heterocycles. The molecule has 1 aromatic heterocycles. The standard InChI is InChI=1S/C30H35F2N2O4PS.C2H6.CH2O/c1-6-23(33-28(36)38-29(3,4)5)27(35)34-15-14-21-18(2)25(13-12-24(21)34)37-17-20-16-22(19-10-8-7-9-11-19)26(40-20)30(31,32)39;2*1-2/h7-13,16,23H,6,14-15,17,39H2,1-5H3,(H,33,36);1-2H3;1H2. The number of hydrogen-bond acceptors (Lipinski definition) is 6. The largest absolute Gasteiger partial charge is 0.488 e. The van der Waals surface area contributed by atoms with E-state index in [9.17, 15) is 18.4 Å². The Balaban J connectivity index is 0.00000162. The molecule has 0 saturated carbocycles. The smallest absolute Gasteiger partial charge is 0.408 e. The summed E-state index contributed by atoms with van der Waals surface area (Å²) in [5, 5.41) is 2.69. The zero-order chi connectivity index (χ0) is 33.2. The minimum atomic E-state index is -3.05. The molecular weight excluding hydrogens is 605 g/mol. The fraction of sp³-hybridized carbons (Fsp3) is 0.424. The molecule has 2 unspecified atom stereocenters. The van der Waals surface area contributed by atoms with Gasteiger partial charge in [0.05, 0.1) is 4.88 Å². The van der Waals surface area contributed by atoms with Gasteiger partial charge in [0.15, 0.2) is 0 Å². The van der Waals surface area contributed by atoms with Crippen LogP contribution in [-0.2, 0) is 33.0 Å². The van der Waals surface area contributed by atoms with Crippen molar-refractivity contribution < 1.29 is 32.6 Å². The first-order chi connectivity index (χ1) is 20.8. The second-order valence-corrected chi connectivity index (χ2v) is 12.6. The summed E-state index contributed by atoms with van der Waals surface area (Å²) in [4.78, 5) is 36.0. The quantitative estimate of drug-likeness (QED) is 0.249. The number of alkyl carbamates (subject to hydrolysis) is 1. The van der Waals surface area contributed by atoms with Gasteiger partial charge in [0.25, 0.3) is 5.66 Å². The maximum absolute atomic E-state index is 14.4.